The van der Waals surface area contributed by atoms with Gasteiger partial charge in [-0.15, -0.1) is 11.8 Å². The molecule has 2 N–H and O–H groups in total. The van der Waals surface area contributed by atoms with E-state index in [9.17, 15) is 9.59 Å². The number of carbonyl (C=O) groups is 2. The molecule has 98 valence electrons. The van der Waals surface area contributed by atoms with E-state index in [4.69, 9.17) is 10.5 Å². The van der Waals surface area contributed by atoms with E-state index in [1.54, 1.807) is 25.1 Å². The predicted octanol–water partition coefficient (Wildman–Crippen LogP) is 1.71. The third-order valence-corrected chi connectivity index (χ3v) is 3.23. The lowest BCUT2D eigenvalue weighted by atomic mass is 10.2. The first-order chi connectivity index (χ1) is 8.60. The van der Waals surface area contributed by atoms with Crippen molar-refractivity contribution >= 4 is 29.4 Å². The molecule has 0 aliphatic rings. The zero-order valence-electron chi connectivity index (χ0n) is 10.3. The van der Waals surface area contributed by atoms with E-state index >= 15 is 0 Å². The van der Waals surface area contributed by atoms with Crippen LogP contribution >= 0.6 is 11.8 Å². The maximum Gasteiger partial charge on any atom is 0.339 e. The van der Waals surface area contributed by atoms with Crippen molar-refractivity contribution in [1.82, 2.24) is 0 Å². The molecule has 6 heteroatoms. The first-order valence-corrected chi connectivity index (χ1v) is 6.34. The number of nitrogens with two attached hydrogens (primary N) is 1. The Hall–Kier alpha value is -1.69. The van der Waals surface area contributed by atoms with Gasteiger partial charge in [0.05, 0.1) is 25.0 Å². The van der Waals surface area contributed by atoms with Crippen LogP contribution in [0.1, 0.15) is 17.3 Å². The number of hydrogen-bond donors (Lipinski definition) is 1. The van der Waals surface area contributed by atoms with E-state index in [1.807, 2.05) is 0 Å². The number of benzene rings is 1. The van der Waals surface area contributed by atoms with Gasteiger partial charge in [-0.1, -0.05) is 6.07 Å². The number of carbonyl (C=O) groups excluding carboxylic acids is 2. The van der Waals surface area contributed by atoms with Crippen LogP contribution in [0.5, 0.6) is 0 Å². The zero-order chi connectivity index (χ0) is 13.5. The van der Waals surface area contributed by atoms with Crippen LogP contribution in [0.25, 0.3) is 0 Å². The Morgan fingerprint density at radius 3 is 2.72 bits per heavy atom. The van der Waals surface area contributed by atoms with Gasteiger partial charge in [-0.3, -0.25) is 4.79 Å². The minimum atomic E-state index is -0.447. The third kappa shape index (κ3) is 3.66. The molecule has 18 heavy (non-hydrogen) atoms. The molecule has 0 saturated carbocycles. The van der Waals surface area contributed by atoms with E-state index < -0.39 is 5.97 Å². The highest BCUT2D eigenvalue weighted by Gasteiger charge is 2.16. The van der Waals surface area contributed by atoms with E-state index in [0.29, 0.717) is 16.1 Å². The molecule has 0 aliphatic heterocycles. The Morgan fingerprint density at radius 1 is 1.39 bits per heavy atom. The van der Waals surface area contributed by atoms with Crippen LogP contribution in [0, 0.1) is 0 Å². The van der Waals surface area contributed by atoms with Gasteiger partial charge >= 0.3 is 11.9 Å². The summed E-state index contributed by atoms with van der Waals surface area (Å²) in [7, 11) is 1.31. The normalized spacial score (nSPS) is 9.89. The fraction of sp³-hybridized carbons (Fsp3) is 0.333. The van der Waals surface area contributed by atoms with E-state index in [-0.39, 0.29) is 18.3 Å². The first-order valence-electron chi connectivity index (χ1n) is 5.35. The highest BCUT2D eigenvalue weighted by molar-refractivity contribution is 8.00. The van der Waals surface area contributed by atoms with Crippen molar-refractivity contribution in [2.24, 2.45) is 0 Å². The van der Waals surface area contributed by atoms with Crippen LogP contribution in [-0.4, -0.2) is 31.4 Å². The molecule has 0 unspecified atom stereocenters. The molecule has 1 aromatic carbocycles. The Kier molecular flexibility index (Phi) is 5.51. The maximum atomic E-state index is 11.7. The largest absolute Gasteiger partial charge is 0.468 e. The van der Waals surface area contributed by atoms with Crippen LogP contribution in [0.4, 0.5) is 5.69 Å². The molecule has 0 bridgehead atoms. The van der Waals surface area contributed by atoms with Crippen molar-refractivity contribution in [3.05, 3.63) is 23.8 Å². The summed E-state index contributed by atoms with van der Waals surface area (Å²) < 4.78 is 9.48. The van der Waals surface area contributed by atoms with Gasteiger partial charge in [-0.05, 0) is 19.1 Å². The highest BCUT2D eigenvalue weighted by Crippen LogP contribution is 2.29. The van der Waals surface area contributed by atoms with Gasteiger partial charge in [0.15, 0.2) is 0 Å². The molecule has 5 nitrogen and oxygen atoms in total. The van der Waals surface area contributed by atoms with Crippen LogP contribution in [-0.2, 0) is 14.3 Å². The topological polar surface area (TPSA) is 78.6 Å². The molecule has 0 heterocycles. The fourth-order valence-electron chi connectivity index (χ4n) is 1.28. The second kappa shape index (κ2) is 6.90. The number of anilines is 1. The van der Waals surface area contributed by atoms with Gasteiger partial charge in [0.25, 0.3) is 0 Å². The quantitative estimate of drug-likeness (QED) is 0.498. The summed E-state index contributed by atoms with van der Waals surface area (Å²) in [6, 6.07) is 4.96. The lowest BCUT2D eigenvalue weighted by Gasteiger charge is -2.10. The van der Waals surface area contributed by atoms with Crippen molar-refractivity contribution in [1.29, 1.82) is 0 Å². The molecule has 0 aliphatic carbocycles. The summed E-state index contributed by atoms with van der Waals surface area (Å²) in [6.07, 6.45) is 0. The molecule has 0 saturated heterocycles. The summed E-state index contributed by atoms with van der Waals surface area (Å²) in [6.45, 7) is 2.01. The predicted molar refractivity (Wildman–Crippen MR) is 69.6 cm³/mol. The van der Waals surface area contributed by atoms with E-state index in [0.717, 1.165) is 11.8 Å². The van der Waals surface area contributed by atoms with Gasteiger partial charge in [0, 0.05) is 10.6 Å². The second-order valence-corrected chi connectivity index (χ2v) is 4.29. The number of nitrogen functional groups attached to an aromatic ring is 1. The fourth-order valence-corrected chi connectivity index (χ4v) is 2.20. The van der Waals surface area contributed by atoms with Crippen molar-refractivity contribution in [3.63, 3.8) is 0 Å². The highest BCUT2D eigenvalue weighted by atomic mass is 32.2. The monoisotopic (exact) mass is 269 g/mol. The molecule has 0 atom stereocenters. The molecule has 0 fully saturated rings. The molecule has 0 radical (unpaired) electrons. The number of hydrogen-bond acceptors (Lipinski definition) is 6. The van der Waals surface area contributed by atoms with Crippen LogP contribution in [0.2, 0.25) is 0 Å². The number of methoxy groups -OCH3 is 1. The van der Waals surface area contributed by atoms with E-state index in [1.165, 1.54) is 7.11 Å². The lowest BCUT2D eigenvalue weighted by molar-refractivity contribution is -0.137. The Balaban J connectivity index is 2.93. The molecular weight excluding hydrogens is 254 g/mol. The standard InChI is InChI=1S/C12H15NO4S/c1-3-17-12(15)8-5-4-6-9(13)11(8)18-7-10(14)16-2/h4-6H,3,7,13H2,1-2H3. The van der Waals surface area contributed by atoms with Crippen molar-refractivity contribution in [2.75, 3.05) is 25.2 Å². The number of ether oxygens (including phenoxy) is 2. The molecule has 1 rings (SSSR count). The summed E-state index contributed by atoms with van der Waals surface area (Å²) in [5.41, 5.74) is 6.61. The van der Waals surface area contributed by atoms with Crippen LogP contribution in [0.3, 0.4) is 0 Å². The van der Waals surface area contributed by atoms with Crippen molar-refractivity contribution in [2.45, 2.75) is 11.8 Å². The van der Waals surface area contributed by atoms with Crippen LogP contribution < -0.4 is 5.73 Å². The number of esters is 2. The molecule has 0 aromatic heterocycles. The Labute approximate surface area is 110 Å². The summed E-state index contributed by atoms with van der Waals surface area (Å²) in [5, 5.41) is 0. The van der Waals surface area contributed by atoms with Gasteiger partial charge in [0.1, 0.15) is 0 Å². The summed E-state index contributed by atoms with van der Waals surface area (Å²) in [5.74, 6) is -0.729. The van der Waals surface area contributed by atoms with Crippen LogP contribution in [0.15, 0.2) is 23.1 Å². The molecular formula is C12H15NO4S. The van der Waals surface area contributed by atoms with Gasteiger partial charge in [-0.2, -0.15) is 0 Å². The number of rotatable bonds is 5. The van der Waals surface area contributed by atoms with Gasteiger partial charge in [-0.25, -0.2) is 4.79 Å². The Morgan fingerprint density at radius 2 is 2.11 bits per heavy atom. The zero-order valence-corrected chi connectivity index (χ0v) is 11.1. The average Bonchev–Trinajstić information content (AvgIpc) is 2.36. The SMILES string of the molecule is CCOC(=O)c1cccc(N)c1SCC(=O)OC. The third-order valence-electron chi connectivity index (χ3n) is 2.10. The smallest absolute Gasteiger partial charge is 0.339 e. The van der Waals surface area contributed by atoms with Crippen molar-refractivity contribution in [3.8, 4) is 0 Å². The Bertz CT molecular complexity index is 448. The van der Waals surface area contributed by atoms with E-state index in [2.05, 4.69) is 4.74 Å². The van der Waals surface area contributed by atoms with Gasteiger partial charge < -0.3 is 15.2 Å². The molecule has 0 spiro atoms. The first kappa shape index (κ1) is 14.4. The second-order valence-electron chi connectivity index (χ2n) is 3.31. The minimum Gasteiger partial charge on any atom is -0.468 e. The lowest BCUT2D eigenvalue weighted by Crippen LogP contribution is -2.09. The molecule has 0 amide bonds. The summed E-state index contributed by atoms with van der Waals surface area (Å²) >= 11 is 1.16. The van der Waals surface area contributed by atoms with Gasteiger partial charge in [0.2, 0.25) is 0 Å². The summed E-state index contributed by atoms with van der Waals surface area (Å²) in [4.78, 5) is 23.4. The minimum absolute atomic E-state index is 0.0944. The number of thioether (sulfide) groups is 1. The maximum absolute atomic E-state index is 11.7. The average molecular weight is 269 g/mol. The van der Waals surface area contributed by atoms with Crippen molar-refractivity contribution < 1.29 is 19.1 Å². The molecule has 1 aromatic rings.